The summed E-state index contributed by atoms with van der Waals surface area (Å²) < 4.78 is 10.2. The van der Waals surface area contributed by atoms with Crippen molar-refractivity contribution in [3.05, 3.63) is 69.8 Å². The minimum atomic E-state index is -0.194. The lowest BCUT2D eigenvalue weighted by Gasteiger charge is -2.06. The Hall–Kier alpha value is -1.93. The number of carbonyl (C=O) groups is 2. The standard InChI is InChI=1S/C12H15IO2.C12H16O3/c2*1-9-7-10(8-13)3-4-11(9)5-6-12(14)15-2/h3-4,7H,5-6,8H2,1-2H3;3-4,7,13H,5-6,8H2,1-2H3. The molecule has 0 unspecified atom stereocenters. The summed E-state index contributed by atoms with van der Waals surface area (Å²) in [5, 5.41) is 8.94. The van der Waals surface area contributed by atoms with Gasteiger partial charge in [-0.25, -0.2) is 0 Å². The van der Waals surface area contributed by atoms with Crippen molar-refractivity contribution in [2.45, 2.75) is 50.6 Å². The zero-order valence-corrected chi connectivity index (χ0v) is 20.3. The van der Waals surface area contributed by atoms with Gasteiger partial charge in [-0.1, -0.05) is 59.0 Å². The van der Waals surface area contributed by atoms with Gasteiger partial charge < -0.3 is 14.6 Å². The summed E-state index contributed by atoms with van der Waals surface area (Å²) in [6.45, 7) is 4.12. The Morgan fingerprint density at radius 1 is 0.833 bits per heavy atom. The van der Waals surface area contributed by atoms with E-state index in [1.165, 1.54) is 30.9 Å². The third kappa shape index (κ3) is 9.26. The van der Waals surface area contributed by atoms with E-state index >= 15 is 0 Å². The number of esters is 2. The molecule has 0 saturated heterocycles. The highest BCUT2D eigenvalue weighted by Crippen LogP contribution is 2.15. The molecule has 0 radical (unpaired) electrons. The van der Waals surface area contributed by atoms with E-state index in [0.717, 1.165) is 27.5 Å². The number of hydrogen-bond acceptors (Lipinski definition) is 5. The molecule has 0 bridgehead atoms. The molecule has 0 saturated carbocycles. The zero-order valence-electron chi connectivity index (χ0n) is 18.2. The molecule has 0 aliphatic heterocycles. The number of ether oxygens (including phenoxy) is 2. The predicted octanol–water partition coefficient (Wildman–Crippen LogP) is 4.63. The second-order valence-corrected chi connectivity index (χ2v) is 7.73. The number of aliphatic hydroxyl groups is 1. The van der Waals surface area contributed by atoms with Crippen LogP contribution in [-0.2, 0) is 42.9 Å². The summed E-state index contributed by atoms with van der Waals surface area (Å²) in [5.74, 6) is -0.340. The average Bonchev–Trinajstić information content (AvgIpc) is 2.77. The molecule has 0 aliphatic carbocycles. The molecule has 2 rings (SSSR count). The van der Waals surface area contributed by atoms with E-state index in [1.54, 1.807) is 0 Å². The Labute approximate surface area is 192 Å². The van der Waals surface area contributed by atoms with E-state index in [1.807, 2.05) is 25.1 Å². The second kappa shape index (κ2) is 14.1. The van der Waals surface area contributed by atoms with Gasteiger partial charge in [0.2, 0.25) is 0 Å². The van der Waals surface area contributed by atoms with Crippen molar-refractivity contribution in [3.8, 4) is 0 Å². The van der Waals surface area contributed by atoms with Crippen LogP contribution in [0.1, 0.15) is 46.2 Å². The highest BCUT2D eigenvalue weighted by atomic mass is 127. The van der Waals surface area contributed by atoms with Crippen LogP contribution in [0, 0.1) is 13.8 Å². The molecule has 0 spiro atoms. The largest absolute Gasteiger partial charge is 0.469 e. The van der Waals surface area contributed by atoms with Crippen LogP contribution in [0.2, 0.25) is 0 Å². The second-order valence-electron chi connectivity index (χ2n) is 6.97. The molecule has 2 aromatic rings. The zero-order chi connectivity index (χ0) is 22.5. The highest BCUT2D eigenvalue weighted by molar-refractivity contribution is 14.1. The third-order valence-corrected chi connectivity index (χ3v) is 5.68. The average molecular weight is 526 g/mol. The molecule has 0 aromatic heterocycles. The summed E-state index contributed by atoms with van der Waals surface area (Å²) >= 11 is 2.35. The minimum absolute atomic E-state index is 0.0537. The molecule has 0 aliphatic rings. The number of aliphatic hydroxyl groups excluding tert-OH is 1. The van der Waals surface area contributed by atoms with Gasteiger partial charge in [0.1, 0.15) is 0 Å². The van der Waals surface area contributed by atoms with Crippen LogP contribution in [0.15, 0.2) is 36.4 Å². The molecule has 6 heteroatoms. The lowest BCUT2D eigenvalue weighted by Crippen LogP contribution is -2.03. The maximum absolute atomic E-state index is 11.0. The lowest BCUT2D eigenvalue weighted by molar-refractivity contribution is -0.141. The van der Waals surface area contributed by atoms with E-state index in [-0.39, 0.29) is 18.5 Å². The van der Waals surface area contributed by atoms with Crippen molar-refractivity contribution >= 4 is 34.5 Å². The Balaban J connectivity index is 0.000000300. The fourth-order valence-corrected chi connectivity index (χ4v) is 3.41. The fourth-order valence-electron chi connectivity index (χ4n) is 2.94. The van der Waals surface area contributed by atoms with Gasteiger partial charge in [-0.3, -0.25) is 9.59 Å². The molecule has 2 aromatic carbocycles. The quantitative estimate of drug-likeness (QED) is 0.309. The summed E-state index contributed by atoms with van der Waals surface area (Å²) in [7, 11) is 2.82. The van der Waals surface area contributed by atoms with E-state index in [0.29, 0.717) is 19.3 Å². The first kappa shape index (κ1) is 26.1. The van der Waals surface area contributed by atoms with Crippen LogP contribution < -0.4 is 0 Å². The molecule has 30 heavy (non-hydrogen) atoms. The molecule has 1 N–H and O–H groups in total. The molecule has 164 valence electrons. The monoisotopic (exact) mass is 526 g/mol. The number of methoxy groups -OCH3 is 2. The number of benzene rings is 2. The van der Waals surface area contributed by atoms with Crippen molar-refractivity contribution < 1.29 is 24.2 Å². The maximum Gasteiger partial charge on any atom is 0.305 e. The van der Waals surface area contributed by atoms with Gasteiger partial charge in [0.25, 0.3) is 0 Å². The number of halogens is 1. The van der Waals surface area contributed by atoms with Crippen LogP contribution in [0.4, 0.5) is 0 Å². The lowest BCUT2D eigenvalue weighted by atomic mass is 10.0. The number of carbonyl (C=O) groups excluding carboxylic acids is 2. The van der Waals surface area contributed by atoms with E-state index < -0.39 is 0 Å². The number of aryl methyl sites for hydroxylation is 4. The van der Waals surface area contributed by atoms with E-state index in [9.17, 15) is 9.59 Å². The smallest absolute Gasteiger partial charge is 0.305 e. The fraction of sp³-hybridized carbons (Fsp3) is 0.417. The van der Waals surface area contributed by atoms with Crippen LogP contribution in [0.5, 0.6) is 0 Å². The van der Waals surface area contributed by atoms with Crippen molar-refractivity contribution in [3.63, 3.8) is 0 Å². The highest BCUT2D eigenvalue weighted by Gasteiger charge is 2.05. The van der Waals surface area contributed by atoms with Crippen LogP contribution in [-0.4, -0.2) is 31.3 Å². The van der Waals surface area contributed by atoms with Crippen LogP contribution >= 0.6 is 22.6 Å². The summed E-state index contributed by atoms with van der Waals surface area (Å²) in [5.41, 5.74) is 6.94. The van der Waals surface area contributed by atoms with Crippen LogP contribution in [0.25, 0.3) is 0 Å². The van der Waals surface area contributed by atoms with Crippen molar-refractivity contribution in [2.24, 2.45) is 0 Å². The van der Waals surface area contributed by atoms with Gasteiger partial charge in [0, 0.05) is 17.3 Å². The Morgan fingerprint density at radius 2 is 1.27 bits per heavy atom. The minimum Gasteiger partial charge on any atom is -0.469 e. The Bertz CT molecular complexity index is 763. The number of rotatable bonds is 8. The SMILES string of the molecule is COC(=O)CCc1ccc(CI)cc1C.COC(=O)CCc1ccc(CO)cc1C. The number of alkyl halides is 1. The van der Waals surface area contributed by atoms with Gasteiger partial charge in [-0.05, 0) is 60.1 Å². The van der Waals surface area contributed by atoms with Gasteiger partial charge >= 0.3 is 11.9 Å². The summed E-state index contributed by atoms with van der Waals surface area (Å²) in [6.07, 6.45) is 2.31. The Kier molecular flexibility index (Phi) is 12.3. The predicted molar refractivity (Wildman–Crippen MR) is 127 cm³/mol. The maximum atomic E-state index is 11.0. The first-order valence-electron chi connectivity index (χ1n) is 9.81. The summed E-state index contributed by atoms with van der Waals surface area (Å²) in [6, 6.07) is 12.2. The molecular weight excluding hydrogens is 495 g/mol. The van der Waals surface area contributed by atoms with Crippen molar-refractivity contribution in [1.82, 2.24) is 0 Å². The van der Waals surface area contributed by atoms with Crippen molar-refractivity contribution in [2.75, 3.05) is 14.2 Å². The topological polar surface area (TPSA) is 72.8 Å². The number of hydrogen-bond donors (Lipinski definition) is 1. The van der Waals surface area contributed by atoms with Gasteiger partial charge in [-0.2, -0.15) is 0 Å². The van der Waals surface area contributed by atoms with Crippen molar-refractivity contribution in [1.29, 1.82) is 0 Å². The van der Waals surface area contributed by atoms with E-state index in [4.69, 9.17) is 5.11 Å². The third-order valence-electron chi connectivity index (χ3n) is 4.80. The summed E-state index contributed by atoms with van der Waals surface area (Å²) in [4.78, 5) is 22.0. The molecule has 0 atom stereocenters. The molecular formula is C24H31IO5. The van der Waals surface area contributed by atoms with Gasteiger partial charge in [0.05, 0.1) is 20.8 Å². The van der Waals surface area contributed by atoms with E-state index in [2.05, 4.69) is 57.2 Å². The molecule has 0 fully saturated rings. The molecule has 5 nitrogen and oxygen atoms in total. The first-order valence-corrected chi connectivity index (χ1v) is 11.3. The van der Waals surface area contributed by atoms with Crippen LogP contribution in [0.3, 0.4) is 0 Å². The van der Waals surface area contributed by atoms with Gasteiger partial charge in [-0.15, -0.1) is 0 Å². The molecule has 0 amide bonds. The first-order chi connectivity index (χ1) is 14.3. The Morgan fingerprint density at radius 3 is 1.63 bits per heavy atom. The normalized spacial score (nSPS) is 10.1. The molecule has 0 heterocycles. The van der Waals surface area contributed by atoms with Gasteiger partial charge in [0.15, 0.2) is 0 Å².